The van der Waals surface area contributed by atoms with Crippen molar-refractivity contribution in [3.63, 3.8) is 0 Å². The maximum Gasteiger partial charge on any atom is 0.224 e. The average Bonchev–Trinajstić information content (AvgIpc) is 2.82. The molecule has 1 aromatic heterocycles. The number of hydrogen-bond acceptors (Lipinski definition) is 1. The van der Waals surface area contributed by atoms with Crippen LogP contribution in [0.2, 0.25) is 5.02 Å². The van der Waals surface area contributed by atoms with E-state index in [0.29, 0.717) is 18.0 Å². The molecule has 0 aliphatic heterocycles. The zero-order valence-electron chi connectivity index (χ0n) is 12.6. The van der Waals surface area contributed by atoms with E-state index in [1.807, 2.05) is 49.4 Å². The molecule has 3 nitrogen and oxygen atoms in total. The Morgan fingerprint density at radius 2 is 2.04 bits per heavy atom. The third-order valence-electron chi connectivity index (χ3n) is 3.85. The normalized spacial score (nSPS) is 10.9. The number of aromatic amines is 1. The molecule has 0 saturated heterocycles. The number of aryl methyl sites for hydroxylation is 1. The van der Waals surface area contributed by atoms with Crippen LogP contribution in [0.25, 0.3) is 10.9 Å². The molecule has 23 heavy (non-hydrogen) atoms. The van der Waals surface area contributed by atoms with Gasteiger partial charge in [0, 0.05) is 32.6 Å². The first-order valence-electron chi connectivity index (χ1n) is 7.31. The average molecular weight is 392 g/mol. The minimum absolute atomic E-state index is 0.0195. The SMILES string of the molecule is Cc1[nH]c2ccc(Br)cc2c1CC(=O)NCc1ccccc1Cl. The lowest BCUT2D eigenvalue weighted by atomic mass is 10.1. The Labute approximate surface area is 148 Å². The summed E-state index contributed by atoms with van der Waals surface area (Å²) in [6, 6.07) is 13.6. The highest BCUT2D eigenvalue weighted by molar-refractivity contribution is 9.10. The van der Waals surface area contributed by atoms with Gasteiger partial charge in [-0.25, -0.2) is 0 Å². The molecule has 2 aromatic carbocycles. The van der Waals surface area contributed by atoms with E-state index in [2.05, 4.69) is 26.2 Å². The number of hydrogen-bond donors (Lipinski definition) is 2. The Morgan fingerprint density at radius 3 is 2.83 bits per heavy atom. The van der Waals surface area contributed by atoms with Crippen LogP contribution in [0.15, 0.2) is 46.9 Å². The summed E-state index contributed by atoms with van der Waals surface area (Å²) in [5, 5.41) is 4.68. The van der Waals surface area contributed by atoms with Gasteiger partial charge in [-0.3, -0.25) is 4.79 Å². The van der Waals surface area contributed by atoms with Gasteiger partial charge in [0.2, 0.25) is 5.91 Å². The van der Waals surface area contributed by atoms with E-state index in [-0.39, 0.29) is 5.91 Å². The molecule has 0 fully saturated rings. The maximum absolute atomic E-state index is 12.3. The number of H-pyrrole nitrogens is 1. The molecule has 0 saturated carbocycles. The van der Waals surface area contributed by atoms with Gasteiger partial charge in [0.25, 0.3) is 0 Å². The molecule has 3 aromatic rings. The summed E-state index contributed by atoms with van der Waals surface area (Å²) in [6.45, 7) is 2.42. The van der Waals surface area contributed by atoms with Gasteiger partial charge in [0.1, 0.15) is 0 Å². The number of halogens is 2. The number of rotatable bonds is 4. The first kappa shape index (κ1) is 16.1. The quantitative estimate of drug-likeness (QED) is 0.662. The lowest BCUT2D eigenvalue weighted by Gasteiger charge is -2.07. The lowest BCUT2D eigenvalue weighted by Crippen LogP contribution is -2.24. The van der Waals surface area contributed by atoms with E-state index in [1.54, 1.807) is 0 Å². The molecule has 0 bridgehead atoms. The summed E-state index contributed by atoms with van der Waals surface area (Å²) in [5.74, 6) is -0.0195. The molecular weight excluding hydrogens is 376 g/mol. The zero-order chi connectivity index (χ0) is 16.4. The van der Waals surface area contributed by atoms with E-state index in [1.165, 1.54) is 0 Å². The van der Waals surface area contributed by atoms with Crippen molar-refractivity contribution in [2.45, 2.75) is 19.9 Å². The third-order valence-corrected chi connectivity index (χ3v) is 4.71. The highest BCUT2D eigenvalue weighted by Gasteiger charge is 2.13. The number of amides is 1. The van der Waals surface area contributed by atoms with Gasteiger partial charge in [-0.2, -0.15) is 0 Å². The predicted molar refractivity (Wildman–Crippen MR) is 97.7 cm³/mol. The topological polar surface area (TPSA) is 44.9 Å². The van der Waals surface area contributed by atoms with Crippen LogP contribution in [0.5, 0.6) is 0 Å². The van der Waals surface area contributed by atoms with Gasteiger partial charge in [-0.05, 0) is 42.3 Å². The second kappa shape index (κ2) is 6.77. The fourth-order valence-electron chi connectivity index (χ4n) is 2.64. The first-order valence-corrected chi connectivity index (χ1v) is 8.48. The minimum atomic E-state index is -0.0195. The Kier molecular flexibility index (Phi) is 4.74. The van der Waals surface area contributed by atoms with Crippen LogP contribution in [-0.4, -0.2) is 10.9 Å². The summed E-state index contributed by atoms with van der Waals surface area (Å²) in [5.41, 5.74) is 4.00. The van der Waals surface area contributed by atoms with Gasteiger partial charge in [-0.15, -0.1) is 0 Å². The fraction of sp³-hybridized carbons (Fsp3) is 0.167. The van der Waals surface area contributed by atoms with Crippen LogP contribution in [0.3, 0.4) is 0 Å². The molecule has 1 amide bonds. The Morgan fingerprint density at radius 1 is 1.26 bits per heavy atom. The van der Waals surface area contributed by atoms with E-state index in [4.69, 9.17) is 11.6 Å². The molecule has 0 aliphatic rings. The van der Waals surface area contributed by atoms with Gasteiger partial charge in [-0.1, -0.05) is 45.7 Å². The summed E-state index contributed by atoms with van der Waals surface area (Å²) in [6.07, 6.45) is 0.340. The number of carbonyl (C=O) groups is 1. The maximum atomic E-state index is 12.3. The van der Waals surface area contributed by atoms with Crippen molar-refractivity contribution in [3.8, 4) is 0 Å². The van der Waals surface area contributed by atoms with Crippen LogP contribution in [-0.2, 0) is 17.8 Å². The molecule has 5 heteroatoms. The predicted octanol–water partition coefficient (Wildman–Crippen LogP) is 4.75. The smallest absolute Gasteiger partial charge is 0.224 e. The van der Waals surface area contributed by atoms with E-state index in [9.17, 15) is 4.79 Å². The number of aromatic nitrogens is 1. The van der Waals surface area contributed by atoms with Crippen LogP contribution >= 0.6 is 27.5 Å². The molecule has 118 valence electrons. The number of nitrogens with one attached hydrogen (secondary N) is 2. The van der Waals surface area contributed by atoms with Gasteiger partial charge in [0.15, 0.2) is 0 Å². The number of carbonyl (C=O) groups excluding carboxylic acids is 1. The highest BCUT2D eigenvalue weighted by atomic mass is 79.9. The van der Waals surface area contributed by atoms with Crippen molar-refractivity contribution in [1.82, 2.24) is 10.3 Å². The second-order valence-electron chi connectivity index (χ2n) is 5.46. The molecule has 0 spiro atoms. The van der Waals surface area contributed by atoms with Crippen molar-refractivity contribution in [2.24, 2.45) is 0 Å². The Bertz CT molecular complexity index is 873. The van der Waals surface area contributed by atoms with Crippen LogP contribution < -0.4 is 5.32 Å². The standard InChI is InChI=1S/C18H16BrClN2O/c1-11-14(15-8-13(19)6-7-17(15)22-11)9-18(23)21-10-12-4-2-3-5-16(12)20/h2-8,22H,9-10H2,1H3,(H,21,23). The van der Waals surface area contributed by atoms with Crippen LogP contribution in [0.1, 0.15) is 16.8 Å². The number of benzene rings is 2. The van der Waals surface area contributed by atoms with Crippen LogP contribution in [0, 0.1) is 6.92 Å². The van der Waals surface area contributed by atoms with Crippen molar-refractivity contribution >= 4 is 44.3 Å². The largest absolute Gasteiger partial charge is 0.358 e. The van der Waals surface area contributed by atoms with Crippen molar-refractivity contribution < 1.29 is 4.79 Å². The van der Waals surface area contributed by atoms with Gasteiger partial charge in [0.05, 0.1) is 6.42 Å². The fourth-order valence-corrected chi connectivity index (χ4v) is 3.20. The molecule has 0 atom stereocenters. The van der Waals surface area contributed by atoms with Crippen LogP contribution in [0.4, 0.5) is 0 Å². The summed E-state index contributed by atoms with van der Waals surface area (Å²) < 4.78 is 1.00. The van der Waals surface area contributed by atoms with E-state index < -0.39 is 0 Å². The van der Waals surface area contributed by atoms with Gasteiger partial charge < -0.3 is 10.3 Å². The molecule has 0 radical (unpaired) electrons. The van der Waals surface area contributed by atoms with Crippen molar-refractivity contribution in [1.29, 1.82) is 0 Å². The monoisotopic (exact) mass is 390 g/mol. The molecule has 3 rings (SSSR count). The Balaban J connectivity index is 1.74. The molecule has 2 N–H and O–H groups in total. The number of fused-ring (bicyclic) bond motifs is 1. The van der Waals surface area contributed by atoms with Gasteiger partial charge >= 0.3 is 0 Å². The summed E-state index contributed by atoms with van der Waals surface area (Å²) in [4.78, 5) is 15.6. The second-order valence-corrected chi connectivity index (χ2v) is 6.79. The van der Waals surface area contributed by atoms with Crippen molar-refractivity contribution in [3.05, 3.63) is 68.8 Å². The summed E-state index contributed by atoms with van der Waals surface area (Å²) >= 11 is 9.59. The minimum Gasteiger partial charge on any atom is -0.358 e. The first-order chi connectivity index (χ1) is 11.0. The van der Waals surface area contributed by atoms with Crippen molar-refractivity contribution in [2.75, 3.05) is 0 Å². The molecule has 0 unspecified atom stereocenters. The summed E-state index contributed by atoms with van der Waals surface area (Å²) in [7, 11) is 0. The zero-order valence-corrected chi connectivity index (χ0v) is 15.0. The molecule has 0 aliphatic carbocycles. The molecule has 1 heterocycles. The highest BCUT2D eigenvalue weighted by Crippen LogP contribution is 2.26. The van der Waals surface area contributed by atoms with E-state index in [0.717, 1.165) is 32.2 Å². The third kappa shape index (κ3) is 3.59. The Hall–Kier alpha value is -1.78. The lowest BCUT2D eigenvalue weighted by molar-refractivity contribution is -0.120. The molecular formula is C18H16BrClN2O. The van der Waals surface area contributed by atoms with E-state index >= 15 is 0 Å².